The van der Waals surface area contributed by atoms with Crippen LogP contribution in [0.2, 0.25) is 0 Å². The number of nitrogens with one attached hydrogen (secondary N) is 3. The Morgan fingerprint density at radius 2 is 1.78 bits per heavy atom. The molecule has 0 radical (unpaired) electrons. The van der Waals surface area contributed by atoms with Crippen molar-refractivity contribution in [1.82, 2.24) is 15.6 Å². The fraction of sp³-hybridized carbons (Fsp3) is 0.676. The van der Waals surface area contributed by atoms with E-state index in [1.165, 1.54) is 7.11 Å². The van der Waals surface area contributed by atoms with E-state index >= 15 is 0 Å². The fourth-order valence-electron chi connectivity index (χ4n) is 8.51. The van der Waals surface area contributed by atoms with Crippen molar-refractivity contribution in [3.63, 3.8) is 0 Å². The van der Waals surface area contributed by atoms with Crippen LogP contribution in [0.5, 0.6) is 0 Å². The molecule has 1 aromatic carbocycles. The number of rotatable bonds is 12. The molecule has 4 saturated heterocycles. The molecule has 10 atom stereocenters. The van der Waals surface area contributed by atoms with Crippen molar-refractivity contribution in [3.05, 3.63) is 36.0 Å². The zero-order chi connectivity index (χ0) is 35.8. The van der Waals surface area contributed by atoms with Gasteiger partial charge in [-0.2, -0.15) is 0 Å². The topological polar surface area (TPSA) is 164 Å². The molecule has 13 nitrogen and oxygen atoms in total. The number of carbonyl (C=O) groups excluding carboxylic acids is 4. The Balaban J connectivity index is 1.05. The molecule has 1 saturated carbocycles. The lowest BCUT2D eigenvalue weighted by atomic mass is 9.58. The number of aromatic amines is 1. The van der Waals surface area contributed by atoms with E-state index in [-0.39, 0.29) is 42.9 Å². The van der Waals surface area contributed by atoms with Gasteiger partial charge in [0.05, 0.1) is 13.5 Å². The molecule has 1 aromatic heterocycles. The Labute approximate surface area is 292 Å². The molecular formula is C37H51N3O10. The number of H-pyrrole nitrogens is 1. The molecule has 0 unspecified atom stereocenters. The van der Waals surface area contributed by atoms with Crippen LogP contribution in [-0.4, -0.2) is 71.9 Å². The molecule has 2 aromatic rings. The molecule has 1 spiro atoms. The van der Waals surface area contributed by atoms with Gasteiger partial charge in [0.25, 0.3) is 0 Å². The second-order valence-corrected chi connectivity index (χ2v) is 15.2. The van der Waals surface area contributed by atoms with E-state index in [1.807, 2.05) is 52.0 Å². The maximum absolute atomic E-state index is 13.5. The van der Waals surface area contributed by atoms with E-state index in [2.05, 4.69) is 22.5 Å². The Bertz CT molecular complexity index is 1580. The number of hydrogen-bond donors (Lipinski definition) is 3. The van der Waals surface area contributed by atoms with Gasteiger partial charge < -0.3 is 34.6 Å². The smallest absolute Gasteiger partial charge is 0.328 e. The number of esters is 2. The van der Waals surface area contributed by atoms with Gasteiger partial charge in [-0.1, -0.05) is 45.9 Å². The molecule has 2 bridgehead atoms. The molecule has 274 valence electrons. The summed E-state index contributed by atoms with van der Waals surface area (Å²) in [5.74, 6) is -2.70. The third-order valence-electron chi connectivity index (χ3n) is 11.2. The molecular weight excluding hydrogens is 646 g/mol. The average molecular weight is 698 g/mol. The van der Waals surface area contributed by atoms with Crippen molar-refractivity contribution < 1.29 is 47.9 Å². The minimum atomic E-state index is -0.972. The van der Waals surface area contributed by atoms with Crippen molar-refractivity contribution >= 4 is 34.7 Å². The maximum Gasteiger partial charge on any atom is 0.328 e. The molecule has 5 heterocycles. The Morgan fingerprint density at radius 1 is 1.00 bits per heavy atom. The van der Waals surface area contributed by atoms with Gasteiger partial charge in [-0.3, -0.25) is 14.4 Å². The van der Waals surface area contributed by atoms with Crippen LogP contribution in [0.4, 0.5) is 0 Å². The average Bonchev–Trinajstić information content (AvgIpc) is 3.35. The van der Waals surface area contributed by atoms with Crippen LogP contribution < -0.4 is 10.6 Å². The Kier molecular flexibility index (Phi) is 10.6. The lowest BCUT2D eigenvalue weighted by Gasteiger charge is -2.59. The number of para-hydroxylation sites is 1. The predicted molar refractivity (Wildman–Crippen MR) is 179 cm³/mol. The molecule has 13 heteroatoms. The zero-order valence-corrected chi connectivity index (χ0v) is 29.8. The minimum Gasteiger partial charge on any atom is -0.467 e. The van der Waals surface area contributed by atoms with Crippen LogP contribution in [0.25, 0.3) is 10.9 Å². The Hall–Kier alpha value is -3.52. The van der Waals surface area contributed by atoms with Crippen LogP contribution in [0.1, 0.15) is 85.1 Å². The SMILES string of the molecule is COC(=O)[C@H](Cc1c[nH]c2ccccc12)NC(=O)[C@H](CC(C)C)NC(=O)CCC(=O)O[C@@H]1O[C@H]2O[C@@]3(C)CC[C@H]4[C@H](C)CC[C@H]([C@H]1C)[C@@]24OO3. The van der Waals surface area contributed by atoms with Gasteiger partial charge in [-0.15, -0.1) is 0 Å². The van der Waals surface area contributed by atoms with Crippen LogP contribution in [-0.2, 0) is 54.3 Å². The van der Waals surface area contributed by atoms with Gasteiger partial charge in [0, 0.05) is 48.2 Å². The summed E-state index contributed by atoms with van der Waals surface area (Å²) in [5.41, 5.74) is 0.982. The summed E-state index contributed by atoms with van der Waals surface area (Å²) < 4.78 is 23.5. The van der Waals surface area contributed by atoms with Gasteiger partial charge in [0.1, 0.15) is 12.1 Å². The summed E-state index contributed by atoms with van der Waals surface area (Å²) in [6.07, 6.45) is 3.74. The first-order valence-electron chi connectivity index (χ1n) is 18.0. The molecule has 50 heavy (non-hydrogen) atoms. The Morgan fingerprint density at radius 3 is 2.54 bits per heavy atom. The summed E-state index contributed by atoms with van der Waals surface area (Å²) in [6.45, 7) is 9.92. The number of amides is 2. The normalized spacial score (nSPS) is 32.8. The number of benzene rings is 1. The second-order valence-electron chi connectivity index (χ2n) is 15.2. The predicted octanol–water partition coefficient (Wildman–Crippen LogP) is 4.43. The number of ether oxygens (including phenoxy) is 4. The van der Waals surface area contributed by atoms with Crippen molar-refractivity contribution in [2.24, 2.45) is 29.6 Å². The highest BCUT2D eigenvalue weighted by Gasteiger charge is 2.69. The van der Waals surface area contributed by atoms with E-state index < -0.39 is 59.8 Å². The van der Waals surface area contributed by atoms with Gasteiger partial charge in [0.2, 0.25) is 23.9 Å². The van der Waals surface area contributed by atoms with E-state index in [4.69, 9.17) is 28.7 Å². The second kappa shape index (κ2) is 14.6. The van der Waals surface area contributed by atoms with E-state index in [9.17, 15) is 19.2 Å². The highest BCUT2D eigenvalue weighted by Crippen LogP contribution is 2.60. The lowest BCUT2D eigenvalue weighted by Crippen LogP contribution is -2.70. The monoisotopic (exact) mass is 697 g/mol. The lowest BCUT2D eigenvalue weighted by molar-refractivity contribution is -0.576. The molecule has 3 N–H and O–H groups in total. The summed E-state index contributed by atoms with van der Waals surface area (Å²) in [5, 5.41) is 6.49. The summed E-state index contributed by atoms with van der Waals surface area (Å²) >= 11 is 0. The highest BCUT2D eigenvalue weighted by molar-refractivity contribution is 5.92. The van der Waals surface area contributed by atoms with Crippen molar-refractivity contribution in [1.29, 1.82) is 0 Å². The molecule has 1 aliphatic carbocycles. The number of fused-ring (bicyclic) bond motifs is 3. The van der Waals surface area contributed by atoms with Crippen molar-refractivity contribution in [3.8, 4) is 0 Å². The molecule has 7 rings (SSSR count). The van der Waals surface area contributed by atoms with E-state index in [1.54, 1.807) is 6.20 Å². The van der Waals surface area contributed by atoms with E-state index in [0.29, 0.717) is 18.8 Å². The number of methoxy groups -OCH3 is 1. The first kappa shape index (κ1) is 36.3. The van der Waals surface area contributed by atoms with Crippen LogP contribution in [0.15, 0.2) is 30.5 Å². The minimum absolute atomic E-state index is 0.00807. The number of hydrogen-bond acceptors (Lipinski definition) is 10. The van der Waals surface area contributed by atoms with Crippen molar-refractivity contribution in [2.45, 2.75) is 122 Å². The van der Waals surface area contributed by atoms with Gasteiger partial charge in [-0.25, -0.2) is 14.6 Å². The quantitative estimate of drug-likeness (QED) is 0.214. The zero-order valence-electron chi connectivity index (χ0n) is 29.8. The third kappa shape index (κ3) is 7.15. The largest absolute Gasteiger partial charge is 0.467 e. The van der Waals surface area contributed by atoms with Gasteiger partial charge >= 0.3 is 11.9 Å². The van der Waals surface area contributed by atoms with Crippen LogP contribution >= 0.6 is 0 Å². The molecule has 5 aliphatic rings. The molecule has 4 aliphatic heterocycles. The summed E-state index contributed by atoms with van der Waals surface area (Å²) in [4.78, 5) is 67.7. The van der Waals surface area contributed by atoms with Gasteiger partial charge in [0.15, 0.2) is 11.9 Å². The third-order valence-corrected chi connectivity index (χ3v) is 11.2. The van der Waals surface area contributed by atoms with Gasteiger partial charge in [-0.05, 0) is 62.0 Å². The summed E-state index contributed by atoms with van der Waals surface area (Å²) in [7, 11) is 1.27. The molecule has 5 fully saturated rings. The number of carbonyl (C=O) groups is 4. The maximum atomic E-state index is 13.5. The highest BCUT2D eigenvalue weighted by atomic mass is 17.3. The fourth-order valence-corrected chi connectivity index (χ4v) is 8.51. The summed E-state index contributed by atoms with van der Waals surface area (Å²) in [6, 6.07) is 5.77. The van der Waals surface area contributed by atoms with Crippen LogP contribution in [0, 0.1) is 29.6 Å². The standard InChI is InChI=1S/C37H51N3O10/c1-20(2)17-28(32(43)40-29(33(44)45-6)18-23-19-38-27-10-8-7-9-24(23)27)39-30(41)13-14-31(42)46-34-22(4)26-12-11-21(3)25-15-16-36(5)48-35(47-34)37(25,26)50-49-36/h7-10,19-22,25-26,28-29,34-35,38H,11-18H2,1-6H3,(H,39,41)(H,40,43)/t21-,22-,25+,26-,28+,29+,34-,35+,36-,37-/m1/s1. The van der Waals surface area contributed by atoms with E-state index in [0.717, 1.165) is 35.7 Å². The first-order valence-corrected chi connectivity index (χ1v) is 18.0. The van der Waals surface area contributed by atoms with Crippen molar-refractivity contribution in [2.75, 3.05) is 7.11 Å². The molecule has 2 amide bonds. The number of aromatic nitrogens is 1. The first-order chi connectivity index (χ1) is 23.8. The van der Waals surface area contributed by atoms with Crippen LogP contribution in [0.3, 0.4) is 0 Å².